The summed E-state index contributed by atoms with van der Waals surface area (Å²) in [5, 5.41) is 0. The maximum absolute atomic E-state index is 2.55. The summed E-state index contributed by atoms with van der Waals surface area (Å²) in [7, 11) is 0. The molecule has 0 aromatic heterocycles. The standard InChI is InChI=1S/C18H30/c1-14-11-16-5-10-18(14,13-16)7-2-6-17-8-3-15(12-17)4-9-17/h14-16H,2-13H2,1H3. The third-order valence-electron chi connectivity index (χ3n) is 7.75. The van der Waals surface area contributed by atoms with Crippen LogP contribution in [0.15, 0.2) is 0 Å². The highest BCUT2D eigenvalue weighted by molar-refractivity contribution is 5.01. The van der Waals surface area contributed by atoms with Gasteiger partial charge in [0.1, 0.15) is 0 Å². The second-order valence-corrected chi connectivity index (χ2v) is 8.61. The van der Waals surface area contributed by atoms with Gasteiger partial charge in [-0.05, 0) is 99.2 Å². The maximum atomic E-state index is 2.55. The van der Waals surface area contributed by atoms with Crippen LogP contribution >= 0.6 is 0 Å². The molecule has 0 aromatic rings. The summed E-state index contributed by atoms with van der Waals surface area (Å²) in [5.74, 6) is 3.32. The molecule has 0 aliphatic heterocycles. The smallest absolute Gasteiger partial charge is 0.0269 e. The Morgan fingerprint density at radius 2 is 1.67 bits per heavy atom. The van der Waals surface area contributed by atoms with Crippen molar-refractivity contribution in [1.82, 2.24) is 0 Å². The minimum Gasteiger partial charge on any atom is -0.0620 e. The first-order chi connectivity index (χ1) is 8.70. The topological polar surface area (TPSA) is 0 Å². The molecule has 18 heavy (non-hydrogen) atoms. The molecule has 0 radical (unpaired) electrons. The van der Waals surface area contributed by atoms with Crippen molar-refractivity contribution in [2.75, 3.05) is 0 Å². The predicted molar refractivity (Wildman–Crippen MR) is 76.4 cm³/mol. The van der Waals surface area contributed by atoms with E-state index in [0.717, 1.165) is 28.6 Å². The molecule has 3 atom stereocenters. The zero-order chi connectivity index (χ0) is 12.2. The van der Waals surface area contributed by atoms with Gasteiger partial charge < -0.3 is 0 Å². The van der Waals surface area contributed by atoms with Crippen LogP contribution < -0.4 is 0 Å². The van der Waals surface area contributed by atoms with Gasteiger partial charge in [-0.15, -0.1) is 0 Å². The fourth-order valence-electron chi connectivity index (χ4n) is 6.62. The highest BCUT2D eigenvalue weighted by Gasteiger charge is 2.50. The second-order valence-electron chi connectivity index (χ2n) is 8.61. The molecule has 0 N–H and O–H groups in total. The average Bonchev–Trinajstić information content (AvgIpc) is 3.07. The minimum atomic E-state index is 0.817. The molecular weight excluding hydrogens is 216 g/mol. The van der Waals surface area contributed by atoms with Gasteiger partial charge in [-0.25, -0.2) is 0 Å². The van der Waals surface area contributed by atoms with Gasteiger partial charge in [-0.1, -0.05) is 13.3 Å². The highest BCUT2D eigenvalue weighted by Crippen LogP contribution is 2.61. The molecule has 0 spiro atoms. The Morgan fingerprint density at radius 1 is 0.889 bits per heavy atom. The van der Waals surface area contributed by atoms with Crippen molar-refractivity contribution in [3.05, 3.63) is 0 Å². The van der Waals surface area contributed by atoms with E-state index in [1.165, 1.54) is 0 Å². The van der Waals surface area contributed by atoms with E-state index in [-0.39, 0.29) is 0 Å². The van der Waals surface area contributed by atoms with Gasteiger partial charge in [0.15, 0.2) is 0 Å². The fourth-order valence-corrected chi connectivity index (χ4v) is 6.62. The summed E-state index contributed by atoms with van der Waals surface area (Å²) in [6, 6.07) is 0. The van der Waals surface area contributed by atoms with E-state index in [1.807, 2.05) is 0 Å². The first-order valence-electron chi connectivity index (χ1n) is 8.70. The van der Waals surface area contributed by atoms with Crippen molar-refractivity contribution in [2.45, 2.75) is 84.0 Å². The summed E-state index contributed by atoms with van der Waals surface area (Å²) in [4.78, 5) is 0. The molecule has 0 amide bonds. The van der Waals surface area contributed by atoms with Crippen LogP contribution in [-0.4, -0.2) is 0 Å². The molecule has 0 aromatic carbocycles. The van der Waals surface area contributed by atoms with Crippen molar-refractivity contribution in [1.29, 1.82) is 0 Å². The first kappa shape index (κ1) is 11.8. The maximum Gasteiger partial charge on any atom is -0.0269 e. The SMILES string of the molecule is CC1CC2CCC1(CCCC13CCC(CC1)C3)C2. The van der Waals surface area contributed by atoms with Crippen LogP contribution in [-0.2, 0) is 0 Å². The van der Waals surface area contributed by atoms with Crippen molar-refractivity contribution in [2.24, 2.45) is 28.6 Å². The van der Waals surface area contributed by atoms with Crippen LogP contribution in [0.1, 0.15) is 84.0 Å². The summed E-state index contributed by atoms with van der Waals surface area (Å²) < 4.78 is 0. The molecule has 0 heteroatoms. The van der Waals surface area contributed by atoms with E-state index in [1.54, 1.807) is 77.0 Å². The number of fused-ring (bicyclic) bond motifs is 4. The summed E-state index contributed by atoms with van der Waals surface area (Å²) in [6.45, 7) is 2.55. The third-order valence-corrected chi connectivity index (χ3v) is 7.75. The van der Waals surface area contributed by atoms with E-state index in [2.05, 4.69) is 6.92 Å². The van der Waals surface area contributed by atoms with E-state index in [4.69, 9.17) is 0 Å². The fraction of sp³-hybridized carbons (Fsp3) is 1.00. The molecule has 4 fully saturated rings. The van der Waals surface area contributed by atoms with Gasteiger partial charge in [-0.3, -0.25) is 0 Å². The molecule has 0 nitrogen and oxygen atoms in total. The van der Waals surface area contributed by atoms with E-state index >= 15 is 0 Å². The number of hydrogen-bond acceptors (Lipinski definition) is 0. The monoisotopic (exact) mass is 246 g/mol. The molecule has 0 heterocycles. The minimum absolute atomic E-state index is 0.817. The van der Waals surface area contributed by atoms with Crippen LogP contribution in [0.25, 0.3) is 0 Å². The lowest BCUT2D eigenvalue weighted by molar-refractivity contribution is 0.161. The van der Waals surface area contributed by atoms with Gasteiger partial charge in [0.25, 0.3) is 0 Å². The van der Waals surface area contributed by atoms with Crippen LogP contribution in [0.4, 0.5) is 0 Å². The molecule has 0 saturated heterocycles. The third kappa shape index (κ3) is 1.70. The Labute approximate surface area is 113 Å². The number of hydrogen-bond donors (Lipinski definition) is 0. The highest BCUT2D eigenvalue weighted by atomic mass is 14.5. The predicted octanol–water partition coefficient (Wildman–Crippen LogP) is 5.56. The van der Waals surface area contributed by atoms with Crippen molar-refractivity contribution >= 4 is 0 Å². The van der Waals surface area contributed by atoms with E-state index < -0.39 is 0 Å². The normalized spacial score (nSPS) is 53.5. The quantitative estimate of drug-likeness (QED) is 0.609. The molecule has 4 aliphatic carbocycles. The van der Waals surface area contributed by atoms with Crippen molar-refractivity contribution < 1.29 is 0 Å². The lowest BCUT2D eigenvalue weighted by Crippen LogP contribution is -2.24. The number of rotatable bonds is 4. The van der Waals surface area contributed by atoms with Gasteiger partial charge in [0.05, 0.1) is 0 Å². The molecule has 3 unspecified atom stereocenters. The van der Waals surface area contributed by atoms with Crippen LogP contribution in [0.2, 0.25) is 0 Å². The summed E-state index contributed by atoms with van der Waals surface area (Å²) in [5.41, 5.74) is 1.67. The Kier molecular flexibility index (Phi) is 2.62. The average molecular weight is 246 g/mol. The largest absolute Gasteiger partial charge is 0.0620 e. The lowest BCUT2D eigenvalue weighted by Gasteiger charge is -2.35. The molecule has 102 valence electrons. The zero-order valence-corrected chi connectivity index (χ0v) is 12.2. The van der Waals surface area contributed by atoms with Crippen molar-refractivity contribution in [3.8, 4) is 0 Å². The Hall–Kier alpha value is 0. The Bertz CT molecular complexity index is 323. The van der Waals surface area contributed by atoms with E-state index in [0.29, 0.717) is 0 Å². The van der Waals surface area contributed by atoms with Crippen molar-refractivity contribution in [3.63, 3.8) is 0 Å². The zero-order valence-electron chi connectivity index (χ0n) is 12.2. The molecular formula is C18H30. The van der Waals surface area contributed by atoms with Gasteiger partial charge in [-0.2, -0.15) is 0 Å². The molecule has 4 rings (SSSR count). The summed E-state index contributed by atoms with van der Waals surface area (Å²) >= 11 is 0. The summed E-state index contributed by atoms with van der Waals surface area (Å²) in [6.07, 6.45) is 19.0. The van der Waals surface area contributed by atoms with Gasteiger partial charge in [0.2, 0.25) is 0 Å². The van der Waals surface area contributed by atoms with Crippen LogP contribution in [0.3, 0.4) is 0 Å². The molecule has 4 aliphatic rings. The second kappa shape index (κ2) is 4.00. The molecule has 4 bridgehead atoms. The lowest BCUT2D eigenvalue weighted by atomic mass is 9.70. The first-order valence-corrected chi connectivity index (χ1v) is 8.70. The van der Waals surface area contributed by atoms with Gasteiger partial charge >= 0.3 is 0 Å². The van der Waals surface area contributed by atoms with Crippen LogP contribution in [0, 0.1) is 28.6 Å². The molecule has 4 saturated carbocycles. The van der Waals surface area contributed by atoms with E-state index in [9.17, 15) is 0 Å². The van der Waals surface area contributed by atoms with Crippen LogP contribution in [0.5, 0.6) is 0 Å². The van der Waals surface area contributed by atoms with Gasteiger partial charge in [0, 0.05) is 0 Å². The Balaban J connectivity index is 1.34. The Morgan fingerprint density at radius 3 is 2.22 bits per heavy atom.